The van der Waals surface area contributed by atoms with E-state index in [1.165, 1.54) is 12.1 Å². The Hall–Kier alpha value is -1.95. The van der Waals surface area contributed by atoms with Gasteiger partial charge in [0.2, 0.25) is 11.8 Å². The van der Waals surface area contributed by atoms with Crippen LogP contribution in [0.2, 0.25) is 0 Å². The molecule has 0 bridgehead atoms. The molecule has 0 radical (unpaired) electrons. The van der Waals surface area contributed by atoms with Gasteiger partial charge in [0.1, 0.15) is 11.2 Å². The first-order valence-corrected chi connectivity index (χ1v) is 9.41. The van der Waals surface area contributed by atoms with Gasteiger partial charge in [-0.05, 0) is 42.9 Å². The first-order chi connectivity index (χ1) is 12.3. The third kappa shape index (κ3) is 3.75. The first kappa shape index (κ1) is 18.8. The number of benzene rings is 1. The molecule has 3 rings (SSSR count). The minimum absolute atomic E-state index is 0.0979. The number of primary amides is 1. The fourth-order valence-electron chi connectivity index (χ4n) is 3.89. The summed E-state index contributed by atoms with van der Waals surface area (Å²) in [5.74, 6) is -0.467. The first-order valence-electron chi connectivity index (χ1n) is 9.41. The second-order valence-corrected chi connectivity index (χ2v) is 7.96. The highest BCUT2D eigenvalue weighted by Crippen LogP contribution is 2.47. The maximum absolute atomic E-state index is 13.2. The summed E-state index contributed by atoms with van der Waals surface area (Å²) >= 11 is 0. The van der Waals surface area contributed by atoms with Crippen LogP contribution in [0.1, 0.15) is 38.7 Å². The van der Waals surface area contributed by atoms with Crippen LogP contribution in [-0.2, 0) is 16.1 Å². The molecule has 1 aromatic carbocycles. The largest absolute Gasteiger partial charge is 0.369 e. The summed E-state index contributed by atoms with van der Waals surface area (Å²) < 4.78 is 13.2. The van der Waals surface area contributed by atoms with Gasteiger partial charge in [-0.2, -0.15) is 0 Å². The van der Waals surface area contributed by atoms with Crippen LogP contribution in [0.3, 0.4) is 0 Å². The standard InChI is InChI=1S/C20H28FN3O2/c1-14(2)17-13-24(19(26)20(8-9-20)18(22)25)11-3-10-23(17)12-15-4-6-16(21)7-5-15/h4-7,14,17H,3,8-13H2,1-2H3,(H2,22,25)/t17-/m0/s1. The van der Waals surface area contributed by atoms with Crippen LogP contribution >= 0.6 is 0 Å². The van der Waals surface area contributed by atoms with E-state index in [-0.39, 0.29) is 17.8 Å². The van der Waals surface area contributed by atoms with Gasteiger partial charge in [0.25, 0.3) is 0 Å². The Kier molecular flexibility index (Phi) is 5.32. The lowest BCUT2D eigenvalue weighted by molar-refractivity contribution is -0.143. The molecule has 6 heteroatoms. The van der Waals surface area contributed by atoms with E-state index in [9.17, 15) is 14.0 Å². The van der Waals surface area contributed by atoms with Crippen molar-refractivity contribution in [3.05, 3.63) is 35.6 Å². The summed E-state index contributed by atoms with van der Waals surface area (Å²) in [4.78, 5) is 28.9. The average Bonchev–Trinajstić information content (AvgIpc) is 3.41. The third-order valence-corrected chi connectivity index (χ3v) is 5.74. The molecule has 1 saturated carbocycles. The second kappa shape index (κ2) is 7.35. The molecular weight excluding hydrogens is 333 g/mol. The van der Waals surface area contributed by atoms with E-state index in [1.54, 1.807) is 0 Å². The monoisotopic (exact) mass is 361 g/mol. The molecule has 1 aromatic rings. The lowest BCUT2D eigenvalue weighted by Crippen LogP contribution is -2.49. The smallest absolute Gasteiger partial charge is 0.238 e. The SMILES string of the molecule is CC(C)[C@@H]1CN(C(=O)C2(C(N)=O)CC2)CCCN1Cc1ccc(F)cc1. The van der Waals surface area contributed by atoms with Gasteiger partial charge < -0.3 is 10.6 Å². The molecule has 142 valence electrons. The molecule has 1 aliphatic carbocycles. The number of nitrogens with zero attached hydrogens (tertiary/aromatic N) is 2. The van der Waals surface area contributed by atoms with E-state index in [0.29, 0.717) is 31.8 Å². The summed E-state index contributed by atoms with van der Waals surface area (Å²) in [5.41, 5.74) is 5.60. The summed E-state index contributed by atoms with van der Waals surface area (Å²) in [6.45, 7) is 7.15. The highest BCUT2D eigenvalue weighted by atomic mass is 19.1. The number of nitrogens with two attached hydrogens (primary N) is 1. The number of halogens is 1. The molecule has 0 spiro atoms. The highest BCUT2D eigenvalue weighted by molar-refractivity contribution is 6.07. The number of hydrogen-bond acceptors (Lipinski definition) is 3. The molecule has 1 aliphatic heterocycles. The van der Waals surface area contributed by atoms with Crippen molar-refractivity contribution in [1.82, 2.24) is 9.80 Å². The molecule has 2 fully saturated rings. The molecule has 0 aromatic heterocycles. The van der Waals surface area contributed by atoms with E-state index in [2.05, 4.69) is 18.7 Å². The Morgan fingerprint density at radius 3 is 2.42 bits per heavy atom. The van der Waals surface area contributed by atoms with E-state index in [0.717, 1.165) is 25.1 Å². The molecule has 1 saturated heterocycles. The fraction of sp³-hybridized carbons (Fsp3) is 0.600. The predicted molar refractivity (Wildman–Crippen MR) is 97.5 cm³/mol. The average molecular weight is 361 g/mol. The van der Waals surface area contributed by atoms with Crippen molar-refractivity contribution in [3.8, 4) is 0 Å². The normalized spacial score (nSPS) is 22.9. The van der Waals surface area contributed by atoms with Crippen molar-refractivity contribution in [2.75, 3.05) is 19.6 Å². The van der Waals surface area contributed by atoms with Gasteiger partial charge in [-0.3, -0.25) is 14.5 Å². The van der Waals surface area contributed by atoms with E-state index in [4.69, 9.17) is 5.73 Å². The van der Waals surface area contributed by atoms with Crippen molar-refractivity contribution < 1.29 is 14.0 Å². The minimum atomic E-state index is -0.951. The quantitative estimate of drug-likeness (QED) is 0.817. The van der Waals surface area contributed by atoms with Gasteiger partial charge in [0, 0.05) is 32.2 Å². The zero-order chi connectivity index (χ0) is 18.9. The minimum Gasteiger partial charge on any atom is -0.369 e. The zero-order valence-corrected chi connectivity index (χ0v) is 15.6. The van der Waals surface area contributed by atoms with Gasteiger partial charge in [-0.1, -0.05) is 26.0 Å². The van der Waals surface area contributed by atoms with Crippen molar-refractivity contribution in [3.63, 3.8) is 0 Å². The molecule has 2 N–H and O–H groups in total. The van der Waals surface area contributed by atoms with Crippen LogP contribution in [0.5, 0.6) is 0 Å². The molecule has 2 amide bonds. The summed E-state index contributed by atoms with van der Waals surface area (Å²) in [5, 5.41) is 0. The molecule has 0 unspecified atom stereocenters. The summed E-state index contributed by atoms with van der Waals surface area (Å²) in [6, 6.07) is 6.78. The zero-order valence-electron chi connectivity index (χ0n) is 15.6. The van der Waals surface area contributed by atoms with Gasteiger partial charge in [0.15, 0.2) is 0 Å². The molecule has 2 aliphatic rings. The molecule has 1 heterocycles. The summed E-state index contributed by atoms with van der Waals surface area (Å²) in [7, 11) is 0. The number of hydrogen-bond donors (Lipinski definition) is 1. The van der Waals surface area contributed by atoms with Gasteiger partial charge >= 0.3 is 0 Å². The van der Waals surface area contributed by atoms with Gasteiger partial charge in [-0.15, -0.1) is 0 Å². The van der Waals surface area contributed by atoms with Crippen molar-refractivity contribution in [2.24, 2.45) is 17.1 Å². The Balaban J connectivity index is 1.74. The Morgan fingerprint density at radius 1 is 1.23 bits per heavy atom. The van der Waals surface area contributed by atoms with Gasteiger partial charge in [-0.25, -0.2) is 4.39 Å². The molecule has 5 nitrogen and oxygen atoms in total. The van der Waals surface area contributed by atoms with Crippen LogP contribution in [0.4, 0.5) is 4.39 Å². The van der Waals surface area contributed by atoms with Crippen molar-refractivity contribution in [1.29, 1.82) is 0 Å². The van der Waals surface area contributed by atoms with E-state index in [1.807, 2.05) is 17.0 Å². The van der Waals surface area contributed by atoms with Crippen LogP contribution < -0.4 is 5.73 Å². The van der Waals surface area contributed by atoms with Crippen LogP contribution in [-0.4, -0.2) is 47.3 Å². The number of carbonyl (C=O) groups is 2. The maximum Gasteiger partial charge on any atom is 0.238 e. The topological polar surface area (TPSA) is 66.6 Å². The second-order valence-electron chi connectivity index (χ2n) is 7.96. The molecule has 1 atom stereocenters. The number of rotatable bonds is 5. The maximum atomic E-state index is 13.2. The van der Waals surface area contributed by atoms with Gasteiger partial charge in [0.05, 0.1) is 0 Å². The molecule has 26 heavy (non-hydrogen) atoms. The van der Waals surface area contributed by atoms with Crippen LogP contribution in [0, 0.1) is 17.2 Å². The van der Waals surface area contributed by atoms with Crippen molar-refractivity contribution in [2.45, 2.75) is 45.7 Å². The Morgan fingerprint density at radius 2 is 1.88 bits per heavy atom. The van der Waals surface area contributed by atoms with E-state index >= 15 is 0 Å². The number of amides is 2. The lowest BCUT2D eigenvalue weighted by Gasteiger charge is -2.35. The highest BCUT2D eigenvalue weighted by Gasteiger charge is 2.57. The van der Waals surface area contributed by atoms with Crippen LogP contribution in [0.25, 0.3) is 0 Å². The predicted octanol–water partition coefficient (Wildman–Crippen LogP) is 2.15. The third-order valence-electron chi connectivity index (χ3n) is 5.74. The van der Waals surface area contributed by atoms with E-state index < -0.39 is 11.3 Å². The summed E-state index contributed by atoms with van der Waals surface area (Å²) in [6.07, 6.45) is 2.00. The van der Waals surface area contributed by atoms with Crippen LogP contribution in [0.15, 0.2) is 24.3 Å². The van der Waals surface area contributed by atoms with Crippen molar-refractivity contribution >= 4 is 11.8 Å². The fourth-order valence-corrected chi connectivity index (χ4v) is 3.89. The Labute approximate surface area is 154 Å². The lowest BCUT2D eigenvalue weighted by atomic mass is 9.99. The molecular formula is C20H28FN3O2. The Bertz CT molecular complexity index is 670. The number of carbonyl (C=O) groups excluding carboxylic acids is 2.